The Bertz CT molecular complexity index is 215. The van der Waals surface area contributed by atoms with Crippen molar-refractivity contribution in [2.75, 3.05) is 55.5 Å². The van der Waals surface area contributed by atoms with Crippen molar-refractivity contribution in [3.63, 3.8) is 0 Å². The zero-order valence-electron chi connectivity index (χ0n) is 24.3. The summed E-state index contributed by atoms with van der Waals surface area (Å²) in [5.41, 5.74) is 0. The van der Waals surface area contributed by atoms with E-state index < -0.39 is 0 Å². The predicted molar refractivity (Wildman–Crippen MR) is 173 cm³/mol. The number of hydrogen-bond acceptors (Lipinski definition) is 0. The van der Waals surface area contributed by atoms with Crippen LogP contribution in [0.1, 0.15) is 120 Å². The number of halogens is 2. The first-order chi connectivity index (χ1) is 16.0. The standard InChI is InChI=1S/3C9H21P.2ClH.Ru/c3*1-4-7-10(8-5-2)9-6-3;;;/h3*4-9H2,1-3H3;2*1H;/q;;;;;+2/p+1. The molecule has 0 nitrogen and oxygen atoms in total. The van der Waals surface area contributed by atoms with Gasteiger partial charge >= 0.3 is 34.5 Å². The van der Waals surface area contributed by atoms with E-state index in [2.05, 4.69) is 62.3 Å². The second kappa shape index (κ2) is 41.6. The van der Waals surface area contributed by atoms with Crippen LogP contribution in [0.2, 0.25) is 0 Å². The Kier molecular flexibility index (Phi) is 53.7. The molecule has 0 heterocycles. The molecule has 0 aromatic carbocycles. The molecule has 0 aromatic heterocycles. The van der Waals surface area contributed by atoms with Crippen LogP contribution in [0.3, 0.4) is 0 Å². The van der Waals surface area contributed by atoms with Gasteiger partial charge < -0.3 is 0 Å². The van der Waals surface area contributed by atoms with Gasteiger partial charge in [0.2, 0.25) is 0 Å². The third kappa shape index (κ3) is 41.9. The van der Waals surface area contributed by atoms with Crippen molar-refractivity contribution in [1.82, 2.24) is 0 Å². The topological polar surface area (TPSA) is 0 Å². The van der Waals surface area contributed by atoms with Gasteiger partial charge in [0.25, 0.3) is 0 Å². The van der Waals surface area contributed by atoms with Crippen molar-refractivity contribution in [2.45, 2.75) is 120 Å². The molecule has 0 amide bonds. The molecule has 0 bridgehead atoms. The fraction of sp³-hybridized carbons (Fsp3) is 1.00. The quantitative estimate of drug-likeness (QED) is 0.102. The Morgan fingerprint density at radius 2 is 0.424 bits per heavy atom. The van der Waals surface area contributed by atoms with Gasteiger partial charge in [0.15, 0.2) is 0 Å². The zero-order valence-corrected chi connectivity index (χ0v) is 30.6. The maximum absolute atomic E-state index is 4.85. The van der Waals surface area contributed by atoms with Crippen molar-refractivity contribution >= 4 is 43.1 Å². The Hall–Kier alpha value is 2.49. The van der Waals surface area contributed by atoms with E-state index in [9.17, 15) is 0 Å². The van der Waals surface area contributed by atoms with Crippen molar-refractivity contribution in [1.29, 1.82) is 0 Å². The molecule has 0 aliphatic heterocycles. The average Bonchev–Trinajstić information content (AvgIpc) is 2.77. The maximum atomic E-state index is 4.85. The average molecular weight is 656 g/mol. The molecular weight excluding hydrogens is 589 g/mol. The summed E-state index contributed by atoms with van der Waals surface area (Å²) in [4.78, 5) is 0. The Balaban J connectivity index is -0.000000180. The summed E-state index contributed by atoms with van der Waals surface area (Å²) in [6, 6.07) is 0. The van der Waals surface area contributed by atoms with E-state index in [0.717, 1.165) is 0 Å². The van der Waals surface area contributed by atoms with Gasteiger partial charge in [0, 0.05) is 23.8 Å². The fourth-order valence-corrected chi connectivity index (χ4v) is 12.9. The van der Waals surface area contributed by atoms with Gasteiger partial charge in [-0.1, -0.05) is 62.3 Å². The van der Waals surface area contributed by atoms with E-state index >= 15 is 0 Å². The van der Waals surface area contributed by atoms with Crippen LogP contribution in [0.5, 0.6) is 0 Å². The Morgan fingerprint density at radius 1 is 0.333 bits per heavy atom. The van der Waals surface area contributed by atoms with Crippen LogP contribution in [0.15, 0.2) is 0 Å². The molecule has 0 N–H and O–H groups in total. The zero-order chi connectivity index (χ0) is 26.2. The molecular formula is C27H66Cl2P3Ru+3. The molecule has 0 saturated heterocycles. The minimum atomic E-state index is -0.346. The normalized spacial score (nSPS) is 10.5. The monoisotopic (exact) mass is 655 g/mol. The molecule has 0 unspecified atom stereocenters. The first kappa shape index (κ1) is 42.6. The van der Waals surface area contributed by atoms with Gasteiger partial charge in [-0.05, 0) is 57.8 Å². The fourth-order valence-electron chi connectivity index (χ4n) is 4.31. The van der Waals surface area contributed by atoms with Gasteiger partial charge in [-0.3, -0.25) is 0 Å². The third-order valence-corrected chi connectivity index (χ3v) is 16.3. The molecule has 0 spiro atoms. The van der Waals surface area contributed by atoms with Gasteiger partial charge in [0.1, 0.15) is 0 Å². The summed E-state index contributed by atoms with van der Waals surface area (Å²) in [7, 11) is 10.0. The van der Waals surface area contributed by atoms with Crippen LogP contribution in [0.25, 0.3) is 0 Å². The van der Waals surface area contributed by atoms with Crippen LogP contribution in [-0.2, 0) is 15.1 Å². The van der Waals surface area contributed by atoms with Crippen molar-refractivity contribution < 1.29 is 15.1 Å². The molecule has 0 radical (unpaired) electrons. The molecule has 6 heteroatoms. The van der Waals surface area contributed by atoms with Gasteiger partial charge in [-0.25, -0.2) is 0 Å². The van der Waals surface area contributed by atoms with Crippen molar-refractivity contribution in [3.8, 4) is 0 Å². The molecule has 0 rings (SSSR count). The first-order valence-electron chi connectivity index (χ1n) is 14.3. The van der Waals surface area contributed by atoms with E-state index in [1.165, 1.54) is 57.8 Å². The van der Waals surface area contributed by atoms with Gasteiger partial charge in [0.05, 0.1) is 55.5 Å². The van der Waals surface area contributed by atoms with E-state index in [4.69, 9.17) is 19.4 Å². The van der Waals surface area contributed by atoms with E-state index in [-0.39, 0.29) is 38.9 Å². The number of hydrogen-bond donors (Lipinski definition) is 0. The molecule has 0 atom stereocenters. The molecule has 0 aromatic rings. The first-order valence-corrected chi connectivity index (χ1v) is 25.2. The Morgan fingerprint density at radius 3 is 0.485 bits per heavy atom. The van der Waals surface area contributed by atoms with Gasteiger partial charge in [-0.2, -0.15) is 0 Å². The van der Waals surface area contributed by atoms with Crippen LogP contribution < -0.4 is 0 Å². The molecule has 0 aliphatic rings. The van der Waals surface area contributed by atoms with Crippen molar-refractivity contribution in [2.24, 2.45) is 0 Å². The van der Waals surface area contributed by atoms with Crippen LogP contribution in [-0.4, -0.2) is 55.5 Å². The summed E-state index contributed by atoms with van der Waals surface area (Å²) >= 11 is -0.346. The summed E-state index contributed by atoms with van der Waals surface area (Å²) in [6.07, 6.45) is 26.6. The SMILES string of the molecule is CCC[PH+](CCC)CCC.CCC[PH+](CCC)CCC.CCC[PH+](CCC)CCC.[Cl][Ru][Cl]. The summed E-state index contributed by atoms with van der Waals surface area (Å²) < 4.78 is 0. The van der Waals surface area contributed by atoms with E-state index in [0.29, 0.717) is 0 Å². The molecule has 0 aliphatic carbocycles. The van der Waals surface area contributed by atoms with Gasteiger partial charge in [-0.15, -0.1) is 0 Å². The van der Waals surface area contributed by atoms with Crippen LogP contribution in [0.4, 0.5) is 0 Å². The predicted octanol–water partition coefficient (Wildman–Crippen LogP) is 11.7. The Labute approximate surface area is 232 Å². The minimum absolute atomic E-state index is 0.103. The third-order valence-electron chi connectivity index (χ3n) is 5.43. The van der Waals surface area contributed by atoms with Crippen molar-refractivity contribution in [3.05, 3.63) is 0 Å². The van der Waals surface area contributed by atoms with E-state index in [1.807, 2.05) is 0 Å². The molecule has 208 valence electrons. The van der Waals surface area contributed by atoms with E-state index in [1.54, 1.807) is 55.5 Å². The summed E-state index contributed by atoms with van der Waals surface area (Å²) in [5, 5.41) is 0. The second-order valence-electron chi connectivity index (χ2n) is 9.05. The molecule has 33 heavy (non-hydrogen) atoms. The molecule has 0 fully saturated rings. The molecule has 0 saturated carbocycles. The summed E-state index contributed by atoms with van der Waals surface area (Å²) in [5.74, 6) is 0. The van der Waals surface area contributed by atoms with Crippen LogP contribution >= 0.6 is 43.1 Å². The second-order valence-corrected chi connectivity index (χ2v) is 20.7. The van der Waals surface area contributed by atoms with Crippen LogP contribution in [0, 0.1) is 0 Å². The number of rotatable bonds is 18. The summed E-state index contributed by atoms with van der Waals surface area (Å²) in [6.45, 7) is 20.8.